The summed E-state index contributed by atoms with van der Waals surface area (Å²) < 4.78 is 2.25. The van der Waals surface area contributed by atoms with Gasteiger partial charge in [0.25, 0.3) is 0 Å². The van der Waals surface area contributed by atoms with Crippen LogP contribution in [0.2, 0.25) is 0 Å². The number of fused-ring (bicyclic) bond motifs is 3. The van der Waals surface area contributed by atoms with Gasteiger partial charge in [-0.15, -0.1) is 0 Å². The molecule has 0 fully saturated rings. The monoisotopic (exact) mass is 411 g/mol. The number of carbonyl (C=O) groups is 1. The first-order chi connectivity index (χ1) is 14.7. The van der Waals surface area contributed by atoms with Crippen molar-refractivity contribution in [1.29, 1.82) is 0 Å². The molecule has 3 aromatic heterocycles. The lowest BCUT2D eigenvalue weighted by atomic mass is 10.2. The number of urea groups is 1. The average molecular weight is 412 g/mol. The molecule has 0 radical (unpaired) electrons. The van der Waals surface area contributed by atoms with E-state index in [0.717, 1.165) is 85.9 Å². The molecule has 4 N–H and O–H groups in total. The molecule has 2 amide bonds. The van der Waals surface area contributed by atoms with Crippen LogP contribution in [0.3, 0.4) is 0 Å². The SMILES string of the molecule is CCCCNC(=O)NCCCCn1c(CCCC)nc2c(N)nc3cccnc3c21. The van der Waals surface area contributed by atoms with Gasteiger partial charge in [0.05, 0.1) is 5.52 Å². The summed E-state index contributed by atoms with van der Waals surface area (Å²) in [7, 11) is 0. The van der Waals surface area contributed by atoms with Gasteiger partial charge in [-0.1, -0.05) is 26.7 Å². The van der Waals surface area contributed by atoms with E-state index in [1.807, 2.05) is 12.1 Å². The molecule has 3 aromatic rings. The fourth-order valence-electron chi connectivity index (χ4n) is 3.57. The number of anilines is 1. The molecule has 0 aliphatic carbocycles. The fraction of sp³-hybridized carbons (Fsp3) is 0.545. The minimum atomic E-state index is -0.0887. The number of amides is 2. The van der Waals surface area contributed by atoms with Crippen molar-refractivity contribution < 1.29 is 4.79 Å². The van der Waals surface area contributed by atoms with Crippen molar-refractivity contribution in [3.8, 4) is 0 Å². The Hall–Kier alpha value is -2.90. The number of nitrogens with zero attached hydrogens (tertiary/aromatic N) is 4. The lowest BCUT2D eigenvalue weighted by molar-refractivity contribution is 0.240. The van der Waals surface area contributed by atoms with Gasteiger partial charge in [0.15, 0.2) is 5.82 Å². The van der Waals surface area contributed by atoms with E-state index >= 15 is 0 Å². The van der Waals surface area contributed by atoms with Crippen molar-refractivity contribution in [1.82, 2.24) is 30.2 Å². The van der Waals surface area contributed by atoms with Crippen LogP contribution in [-0.2, 0) is 13.0 Å². The Bertz CT molecular complexity index is 982. The van der Waals surface area contributed by atoms with E-state index < -0.39 is 0 Å². The lowest BCUT2D eigenvalue weighted by Crippen LogP contribution is -2.36. The summed E-state index contributed by atoms with van der Waals surface area (Å²) in [6.07, 6.45) is 8.75. The summed E-state index contributed by atoms with van der Waals surface area (Å²) in [6, 6.07) is 3.72. The number of aromatic nitrogens is 4. The van der Waals surface area contributed by atoms with E-state index in [2.05, 4.69) is 39.0 Å². The highest BCUT2D eigenvalue weighted by molar-refractivity contribution is 6.04. The van der Waals surface area contributed by atoms with E-state index in [4.69, 9.17) is 10.7 Å². The summed E-state index contributed by atoms with van der Waals surface area (Å²) in [4.78, 5) is 25.6. The summed E-state index contributed by atoms with van der Waals surface area (Å²) in [5.41, 5.74) is 9.55. The molecule has 0 aliphatic rings. The minimum absolute atomic E-state index is 0.0887. The second kappa shape index (κ2) is 10.8. The summed E-state index contributed by atoms with van der Waals surface area (Å²) >= 11 is 0. The van der Waals surface area contributed by atoms with Gasteiger partial charge >= 0.3 is 6.03 Å². The number of hydrogen-bond acceptors (Lipinski definition) is 5. The van der Waals surface area contributed by atoms with Crippen LogP contribution >= 0.6 is 0 Å². The molecule has 0 atom stereocenters. The van der Waals surface area contributed by atoms with Crippen molar-refractivity contribution in [2.45, 2.75) is 65.3 Å². The molecule has 8 heteroatoms. The predicted molar refractivity (Wildman–Crippen MR) is 121 cm³/mol. The van der Waals surface area contributed by atoms with Crippen molar-refractivity contribution in [3.05, 3.63) is 24.2 Å². The Morgan fingerprint density at radius 1 is 1.03 bits per heavy atom. The maximum Gasteiger partial charge on any atom is 0.314 e. The van der Waals surface area contributed by atoms with Crippen LogP contribution in [0.1, 0.15) is 58.2 Å². The number of aryl methyl sites for hydroxylation is 2. The zero-order valence-electron chi connectivity index (χ0n) is 18.1. The van der Waals surface area contributed by atoms with Gasteiger partial charge < -0.3 is 20.9 Å². The second-order valence-corrected chi connectivity index (χ2v) is 7.59. The van der Waals surface area contributed by atoms with E-state index in [1.54, 1.807) is 6.20 Å². The van der Waals surface area contributed by atoms with Crippen molar-refractivity contribution in [2.75, 3.05) is 18.8 Å². The third kappa shape index (κ3) is 5.17. The molecule has 0 saturated carbocycles. The lowest BCUT2D eigenvalue weighted by Gasteiger charge is -2.11. The van der Waals surface area contributed by atoms with Gasteiger partial charge in [-0.2, -0.15) is 0 Å². The van der Waals surface area contributed by atoms with Gasteiger partial charge in [0.1, 0.15) is 22.4 Å². The summed E-state index contributed by atoms with van der Waals surface area (Å²) in [5, 5.41) is 5.81. The van der Waals surface area contributed by atoms with Crippen LogP contribution < -0.4 is 16.4 Å². The number of unbranched alkanes of at least 4 members (excludes halogenated alkanes) is 3. The normalized spacial score (nSPS) is 11.3. The van der Waals surface area contributed by atoms with Crippen molar-refractivity contribution >= 4 is 33.9 Å². The van der Waals surface area contributed by atoms with Crippen LogP contribution in [0.4, 0.5) is 10.6 Å². The number of nitrogen functional groups attached to an aromatic ring is 1. The molecule has 8 nitrogen and oxygen atoms in total. The third-order valence-corrected chi connectivity index (χ3v) is 5.20. The third-order valence-electron chi connectivity index (χ3n) is 5.20. The largest absolute Gasteiger partial charge is 0.382 e. The van der Waals surface area contributed by atoms with E-state index in [9.17, 15) is 4.79 Å². The molecule has 0 aliphatic heterocycles. The predicted octanol–water partition coefficient (Wildman–Crippen LogP) is 3.78. The quantitative estimate of drug-likeness (QED) is 0.416. The molecular weight excluding hydrogens is 378 g/mol. The number of hydrogen-bond donors (Lipinski definition) is 3. The first kappa shape index (κ1) is 21.8. The highest BCUT2D eigenvalue weighted by Crippen LogP contribution is 2.28. The maximum absolute atomic E-state index is 11.8. The summed E-state index contributed by atoms with van der Waals surface area (Å²) in [6.45, 7) is 6.47. The topological polar surface area (TPSA) is 111 Å². The van der Waals surface area contributed by atoms with Crippen molar-refractivity contribution in [2.24, 2.45) is 0 Å². The van der Waals surface area contributed by atoms with Crippen LogP contribution in [0.5, 0.6) is 0 Å². The van der Waals surface area contributed by atoms with E-state index in [1.165, 1.54) is 0 Å². The van der Waals surface area contributed by atoms with Crippen LogP contribution in [-0.4, -0.2) is 38.6 Å². The highest BCUT2D eigenvalue weighted by Gasteiger charge is 2.17. The summed E-state index contributed by atoms with van der Waals surface area (Å²) in [5.74, 6) is 1.48. The van der Waals surface area contributed by atoms with Gasteiger partial charge in [0.2, 0.25) is 0 Å². The first-order valence-electron chi connectivity index (χ1n) is 11.1. The van der Waals surface area contributed by atoms with Crippen LogP contribution in [0, 0.1) is 0 Å². The minimum Gasteiger partial charge on any atom is -0.382 e. The van der Waals surface area contributed by atoms with Gasteiger partial charge in [0, 0.05) is 32.3 Å². The van der Waals surface area contributed by atoms with Crippen LogP contribution in [0.25, 0.3) is 22.1 Å². The molecule has 0 aromatic carbocycles. The molecule has 3 rings (SSSR count). The molecule has 3 heterocycles. The molecule has 0 saturated heterocycles. The van der Waals surface area contributed by atoms with Gasteiger partial charge in [-0.3, -0.25) is 4.98 Å². The Morgan fingerprint density at radius 2 is 1.80 bits per heavy atom. The zero-order chi connectivity index (χ0) is 21.3. The highest BCUT2D eigenvalue weighted by atomic mass is 16.2. The average Bonchev–Trinajstić information content (AvgIpc) is 3.11. The van der Waals surface area contributed by atoms with Gasteiger partial charge in [-0.05, 0) is 37.8 Å². The number of pyridine rings is 2. The molecule has 30 heavy (non-hydrogen) atoms. The Kier molecular flexibility index (Phi) is 7.82. The molecular formula is C22H33N7O. The number of imidazole rings is 1. The van der Waals surface area contributed by atoms with E-state index in [0.29, 0.717) is 12.4 Å². The van der Waals surface area contributed by atoms with Gasteiger partial charge in [-0.25, -0.2) is 14.8 Å². The second-order valence-electron chi connectivity index (χ2n) is 7.59. The zero-order valence-corrected chi connectivity index (χ0v) is 18.1. The number of nitrogens with one attached hydrogen (secondary N) is 2. The fourth-order valence-corrected chi connectivity index (χ4v) is 3.57. The first-order valence-corrected chi connectivity index (χ1v) is 11.1. The Morgan fingerprint density at radius 3 is 2.57 bits per heavy atom. The molecule has 162 valence electrons. The number of carbonyl (C=O) groups excluding carboxylic acids is 1. The molecule has 0 unspecified atom stereocenters. The van der Waals surface area contributed by atoms with Crippen molar-refractivity contribution in [3.63, 3.8) is 0 Å². The maximum atomic E-state index is 11.8. The van der Waals surface area contributed by atoms with Crippen LogP contribution in [0.15, 0.2) is 18.3 Å². The number of nitrogens with two attached hydrogens (primary N) is 1. The smallest absolute Gasteiger partial charge is 0.314 e. The molecule has 0 bridgehead atoms. The Labute approximate surface area is 177 Å². The Balaban J connectivity index is 1.72. The standard InChI is InChI=1S/C22H33N7O/c1-3-5-11-17-28-19-20(18-16(27-21(19)23)10-9-14-24-18)29(17)15-8-7-13-26-22(30)25-12-6-4-2/h9-10,14H,3-8,11-13,15H2,1-2H3,(H2,23,27)(H2,25,26,30). The molecule has 0 spiro atoms. The number of rotatable bonds is 11. The van der Waals surface area contributed by atoms with E-state index in [-0.39, 0.29) is 6.03 Å².